The Bertz CT molecular complexity index is 884. The normalized spacial score (nSPS) is 11.8. The van der Waals surface area contributed by atoms with Gasteiger partial charge in [0.2, 0.25) is 5.13 Å². The Hall–Kier alpha value is -2.38. The summed E-state index contributed by atoms with van der Waals surface area (Å²) in [4.78, 5) is 12.5. The first-order valence-corrected chi connectivity index (χ1v) is 10.5. The lowest BCUT2D eigenvalue weighted by atomic mass is 10.2. The van der Waals surface area contributed by atoms with Gasteiger partial charge in [0.05, 0.1) is 0 Å². The minimum Gasteiger partial charge on any atom is -0.481 e. The molecule has 0 radical (unpaired) electrons. The molecular formula is C20H21N3O2S2. The third-order valence-corrected chi connectivity index (χ3v) is 5.82. The van der Waals surface area contributed by atoms with E-state index >= 15 is 0 Å². The fourth-order valence-corrected chi connectivity index (χ4v) is 4.11. The van der Waals surface area contributed by atoms with Gasteiger partial charge in [0.15, 0.2) is 10.4 Å². The highest BCUT2D eigenvalue weighted by Gasteiger charge is 2.20. The molecule has 27 heavy (non-hydrogen) atoms. The Labute approximate surface area is 167 Å². The number of thioether (sulfide) groups is 1. The largest absolute Gasteiger partial charge is 0.481 e. The van der Waals surface area contributed by atoms with Crippen LogP contribution in [0.15, 0.2) is 58.9 Å². The quantitative estimate of drug-likeness (QED) is 0.430. The van der Waals surface area contributed by atoms with Gasteiger partial charge in [-0.1, -0.05) is 72.5 Å². The molecule has 1 atom stereocenters. The summed E-state index contributed by atoms with van der Waals surface area (Å²) in [5, 5.41) is 11.5. The van der Waals surface area contributed by atoms with Crippen molar-refractivity contribution in [1.29, 1.82) is 0 Å². The van der Waals surface area contributed by atoms with Crippen LogP contribution in [0.5, 0.6) is 5.75 Å². The molecule has 0 unspecified atom stereocenters. The van der Waals surface area contributed by atoms with Crippen molar-refractivity contribution in [1.82, 2.24) is 10.2 Å². The van der Waals surface area contributed by atoms with Gasteiger partial charge in [-0.3, -0.25) is 10.1 Å². The van der Waals surface area contributed by atoms with Crippen LogP contribution in [0.1, 0.15) is 24.5 Å². The number of ether oxygens (including phenoxy) is 1. The molecule has 0 spiro atoms. The molecule has 5 nitrogen and oxygen atoms in total. The van der Waals surface area contributed by atoms with Crippen molar-refractivity contribution in [2.24, 2.45) is 0 Å². The minimum atomic E-state index is -0.573. The van der Waals surface area contributed by atoms with Crippen LogP contribution in [0, 0.1) is 6.92 Å². The van der Waals surface area contributed by atoms with Crippen LogP contribution in [-0.4, -0.2) is 22.2 Å². The van der Waals surface area contributed by atoms with Crippen LogP contribution in [0.2, 0.25) is 0 Å². The molecule has 0 saturated heterocycles. The zero-order chi connectivity index (χ0) is 19.1. The first-order valence-electron chi connectivity index (χ1n) is 8.68. The predicted molar refractivity (Wildman–Crippen MR) is 110 cm³/mol. The van der Waals surface area contributed by atoms with Crippen LogP contribution in [0.25, 0.3) is 0 Å². The van der Waals surface area contributed by atoms with Gasteiger partial charge in [0.25, 0.3) is 5.91 Å². The number of anilines is 1. The maximum absolute atomic E-state index is 12.5. The van der Waals surface area contributed by atoms with Gasteiger partial charge >= 0.3 is 0 Å². The SMILES string of the molecule is CC[C@@H](Oc1cccc(C)c1)C(=O)Nc1nnc(SCc2ccccc2)s1. The number of aromatic nitrogens is 2. The highest BCUT2D eigenvalue weighted by Crippen LogP contribution is 2.28. The average molecular weight is 400 g/mol. The third-order valence-electron chi connectivity index (χ3n) is 3.77. The molecule has 0 aliphatic rings. The Kier molecular flexibility index (Phi) is 6.84. The predicted octanol–water partition coefficient (Wildman–Crippen LogP) is 4.93. The van der Waals surface area contributed by atoms with Crippen LogP contribution in [-0.2, 0) is 10.5 Å². The lowest BCUT2D eigenvalue weighted by Gasteiger charge is -2.16. The van der Waals surface area contributed by atoms with Crippen LogP contribution >= 0.6 is 23.1 Å². The van der Waals surface area contributed by atoms with Crippen molar-refractivity contribution >= 4 is 34.1 Å². The third kappa shape index (κ3) is 5.80. The Balaban J connectivity index is 1.55. The van der Waals surface area contributed by atoms with E-state index in [1.807, 2.05) is 56.3 Å². The summed E-state index contributed by atoms with van der Waals surface area (Å²) in [6.07, 6.45) is -0.00935. The number of hydrogen-bond donors (Lipinski definition) is 1. The molecular weight excluding hydrogens is 378 g/mol. The fourth-order valence-electron chi connectivity index (χ4n) is 2.40. The summed E-state index contributed by atoms with van der Waals surface area (Å²) < 4.78 is 6.65. The summed E-state index contributed by atoms with van der Waals surface area (Å²) in [6, 6.07) is 17.8. The van der Waals surface area contributed by atoms with E-state index in [1.54, 1.807) is 11.8 Å². The average Bonchev–Trinajstić information content (AvgIpc) is 3.12. The molecule has 1 aromatic heterocycles. The standard InChI is InChI=1S/C20H21N3O2S2/c1-3-17(25-16-11-7-8-14(2)12-16)18(24)21-19-22-23-20(27-19)26-13-15-9-5-4-6-10-15/h4-12,17H,3,13H2,1-2H3,(H,21,22,24)/t17-/m1/s1. The molecule has 140 valence electrons. The number of carbonyl (C=O) groups excluding carboxylic acids is 1. The zero-order valence-electron chi connectivity index (χ0n) is 15.2. The summed E-state index contributed by atoms with van der Waals surface area (Å²) in [5.74, 6) is 1.29. The number of benzene rings is 2. The molecule has 0 bridgehead atoms. The second-order valence-electron chi connectivity index (χ2n) is 5.97. The van der Waals surface area contributed by atoms with Gasteiger partial charge < -0.3 is 4.74 Å². The molecule has 1 amide bonds. The van der Waals surface area contributed by atoms with Gasteiger partial charge in [-0.2, -0.15) is 0 Å². The fraction of sp³-hybridized carbons (Fsp3) is 0.250. The number of aryl methyl sites for hydroxylation is 1. The number of hydrogen-bond acceptors (Lipinski definition) is 6. The van der Waals surface area contributed by atoms with E-state index in [1.165, 1.54) is 16.9 Å². The Morgan fingerprint density at radius 3 is 2.74 bits per heavy atom. The van der Waals surface area contributed by atoms with Crippen molar-refractivity contribution in [3.63, 3.8) is 0 Å². The molecule has 1 heterocycles. The molecule has 1 N–H and O–H groups in total. The number of amides is 1. The van der Waals surface area contributed by atoms with E-state index in [9.17, 15) is 4.79 Å². The highest BCUT2D eigenvalue weighted by molar-refractivity contribution is 8.00. The number of nitrogens with one attached hydrogen (secondary N) is 1. The molecule has 0 aliphatic carbocycles. The zero-order valence-corrected chi connectivity index (χ0v) is 16.8. The number of rotatable bonds is 8. The Morgan fingerprint density at radius 2 is 2.00 bits per heavy atom. The lowest BCUT2D eigenvalue weighted by Crippen LogP contribution is -2.32. The molecule has 0 saturated carbocycles. The highest BCUT2D eigenvalue weighted by atomic mass is 32.2. The van der Waals surface area contributed by atoms with Gasteiger partial charge in [-0.25, -0.2) is 0 Å². The summed E-state index contributed by atoms with van der Waals surface area (Å²) in [5.41, 5.74) is 2.31. The van der Waals surface area contributed by atoms with E-state index < -0.39 is 6.10 Å². The van der Waals surface area contributed by atoms with Crippen molar-refractivity contribution < 1.29 is 9.53 Å². The van der Waals surface area contributed by atoms with Crippen LogP contribution < -0.4 is 10.1 Å². The van der Waals surface area contributed by atoms with Gasteiger partial charge in [0.1, 0.15) is 5.75 Å². The first kappa shape index (κ1) is 19.4. The number of nitrogens with zero attached hydrogens (tertiary/aromatic N) is 2. The van der Waals surface area contributed by atoms with E-state index in [-0.39, 0.29) is 5.91 Å². The first-order chi connectivity index (χ1) is 13.1. The maximum Gasteiger partial charge on any atom is 0.267 e. The Morgan fingerprint density at radius 1 is 1.19 bits per heavy atom. The van der Waals surface area contributed by atoms with Gasteiger partial charge in [-0.05, 0) is 36.6 Å². The minimum absolute atomic E-state index is 0.213. The van der Waals surface area contributed by atoms with Gasteiger partial charge in [0, 0.05) is 5.75 Å². The monoisotopic (exact) mass is 399 g/mol. The second-order valence-corrected chi connectivity index (χ2v) is 8.17. The van der Waals surface area contributed by atoms with Crippen molar-refractivity contribution in [3.8, 4) is 5.75 Å². The summed E-state index contributed by atoms with van der Waals surface area (Å²) in [7, 11) is 0. The smallest absolute Gasteiger partial charge is 0.267 e. The van der Waals surface area contributed by atoms with Crippen LogP contribution in [0.4, 0.5) is 5.13 Å². The van der Waals surface area contributed by atoms with Crippen molar-refractivity contribution in [3.05, 3.63) is 65.7 Å². The second kappa shape index (κ2) is 9.53. The molecule has 2 aromatic carbocycles. The lowest BCUT2D eigenvalue weighted by molar-refractivity contribution is -0.122. The molecule has 0 fully saturated rings. The molecule has 3 rings (SSSR count). The van der Waals surface area contributed by atoms with Gasteiger partial charge in [-0.15, -0.1) is 10.2 Å². The van der Waals surface area contributed by atoms with E-state index in [4.69, 9.17) is 4.74 Å². The van der Waals surface area contributed by atoms with Crippen LogP contribution in [0.3, 0.4) is 0 Å². The summed E-state index contributed by atoms with van der Waals surface area (Å²) in [6.45, 7) is 3.91. The van der Waals surface area contributed by atoms with E-state index in [0.29, 0.717) is 17.3 Å². The maximum atomic E-state index is 12.5. The molecule has 0 aliphatic heterocycles. The molecule has 3 aromatic rings. The van der Waals surface area contributed by atoms with Crippen molar-refractivity contribution in [2.45, 2.75) is 36.5 Å². The topological polar surface area (TPSA) is 64.1 Å². The van der Waals surface area contributed by atoms with E-state index in [2.05, 4.69) is 27.6 Å². The molecule has 7 heteroatoms. The summed E-state index contributed by atoms with van der Waals surface area (Å²) >= 11 is 2.97. The van der Waals surface area contributed by atoms with E-state index in [0.717, 1.165) is 15.7 Å². The van der Waals surface area contributed by atoms with Crippen molar-refractivity contribution in [2.75, 3.05) is 5.32 Å². The number of carbonyl (C=O) groups is 1.